The Hall–Kier alpha value is -7.29. The summed E-state index contributed by atoms with van der Waals surface area (Å²) in [5.41, 5.74) is 11.7. The van der Waals surface area contributed by atoms with Crippen molar-refractivity contribution >= 4 is 49.3 Å². The fraction of sp³-hybridized carbons (Fsp3) is 0. The van der Waals surface area contributed by atoms with E-state index in [1.165, 1.54) is 32.6 Å². The van der Waals surface area contributed by atoms with Crippen LogP contribution in [0.4, 0.5) is 5.69 Å². The maximum atomic E-state index is 7.75. The topological polar surface area (TPSA) is 40.0 Å². The number of fused-ring (bicyclic) bond motifs is 6. The van der Waals surface area contributed by atoms with Crippen molar-refractivity contribution in [2.24, 2.45) is 0 Å². The Morgan fingerprint density at radius 3 is 1.52 bits per heavy atom. The lowest BCUT2D eigenvalue weighted by Gasteiger charge is -2.12. The van der Waals surface area contributed by atoms with E-state index in [9.17, 15) is 0 Å². The van der Waals surface area contributed by atoms with Crippen LogP contribution in [-0.2, 0) is 0 Å². The molecule has 7 aromatic carbocycles. The summed E-state index contributed by atoms with van der Waals surface area (Å²) >= 11 is 0. The molecular weight excluding hydrogens is 635 g/mol. The zero-order chi connectivity index (χ0) is 34.6. The number of benzene rings is 7. The van der Waals surface area contributed by atoms with E-state index in [2.05, 4.69) is 141 Å². The predicted molar refractivity (Wildman–Crippen MR) is 213 cm³/mol. The van der Waals surface area contributed by atoms with Crippen LogP contribution in [0, 0.1) is 6.57 Å². The Morgan fingerprint density at radius 2 is 0.885 bits per heavy atom. The minimum absolute atomic E-state index is 0.529. The number of aromatic nitrogens is 4. The zero-order valence-corrected chi connectivity index (χ0v) is 28.0. The van der Waals surface area contributed by atoms with E-state index in [4.69, 9.17) is 16.5 Å². The Balaban J connectivity index is 1.11. The van der Waals surface area contributed by atoms with Crippen LogP contribution >= 0.6 is 0 Å². The van der Waals surface area contributed by atoms with E-state index in [1.54, 1.807) is 0 Å². The molecule has 0 atom stereocenters. The number of rotatable bonds is 5. The smallest absolute Gasteiger partial charge is 0.198 e. The molecule has 0 N–H and O–H groups in total. The van der Waals surface area contributed by atoms with Crippen LogP contribution in [0.3, 0.4) is 0 Å². The van der Waals surface area contributed by atoms with Crippen molar-refractivity contribution in [1.29, 1.82) is 0 Å². The van der Waals surface area contributed by atoms with Gasteiger partial charge in [0.25, 0.3) is 0 Å². The van der Waals surface area contributed by atoms with E-state index in [0.29, 0.717) is 11.5 Å². The SMILES string of the molecule is [C-]#[N+]c1ccccc1-c1nc(-c2ccccc2)cc(-c2ccc(-n3c4ccccc4c4cc(-n5c6ccccc6c6ccccc65)ccc43)cc2)n1. The first-order valence-corrected chi connectivity index (χ1v) is 17.3. The molecule has 5 heteroatoms. The van der Waals surface area contributed by atoms with Gasteiger partial charge in [-0.05, 0) is 54.6 Å². The summed E-state index contributed by atoms with van der Waals surface area (Å²) in [6.45, 7) is 7.75. The van der Waals surface area contributed by atoms with Gasteiger partial charge in [-0.2, -0.15) is 0 Å². The van der Waals surface area contributed by atoms with Gasteiger partial charge < -0.3 is 9.13 Å². The molecule has 0 bridgehead atoms. The molecule has 0 fully saturated rings. The monoisotopic (exact) mass is 663 g/mol. The van der Waals surface area contributed by atoms with E-state index >= 15 is 0 Å². The van der Waals surface area contributed by atoms with Gasteiger partial charge in [0.05, 0.1) is 40.0 Å². The highest BCUT2D eigenvalue weighted by Crippen LogP contribution is 2.38. The van der Waals surface area contributed by atoms with Gasteiger partial charge in [0.2, 0.25) is 0 Å². The number of hydrogen-bond donors (Lipinski definition) is 0. The summed E-state index contributed by atoms with van der Waals surface area (Å²) in [7, 11) is 0. The summed E-state index contributed by atoms with van der Waals surface area (Å²) in [6, 6.07) is 61.0. The molecule has 0 saturated heterocycles. The maximum absolute atomic E-state index is 7.75. The zero-order valence-electron chi connectivity index (χ0n) is 28.0. The molecule has 52 heavy (non-hydrogen) atoms. The molecule has 0 amide bonds. The highest BCUT2D eigenvalue weighted by atomic mass is 15.0. The average molecular weight is 664 g/mol. The molecular formula is C47H29N5. The van der Waals surface area contributed by atoms with E-state index in [0.717, 1.165) is 50.5 Å². The Morgan fingerprint density at radius 1 is 0.404 bits per heavy atom. The Kier molecular flexibility index (Phi) is 6.80. The normalized spacial score (nSPS) is 11.4. The quantitative estimate of drug-likeness (QED) is 0.172. The number of nitrogens with zero attached hydrogens (tertiary/aromatic N) is 5. The molecule has 10 aromatic rings. The van der Waals surface area contributed by atoms with Crippen LogP contribution in [0.25, 0.3) is 93.7 Å². The first kappa shape index (κ1) is 29.6. The van der Waals surface area contributed by atoms with Crippen molar-refractivity contribution < 1.29 is 0 Å². The number of hydrogen-bond acceptors (Lipinski definition) is 2. The Bertz CT molecular complexity index is 2960. The van der Waals surface area contributed by atoms with E-state index < -0.39 is 0 Å². The van der Waals surface area contributed by atoms with E-state index in [1.807, 2.05) is 48.5 Å². The molecule has 3 aromatic heterocycles. The second-order valence-corrected chi connectivity index (χ2v) is 12.9. The third-order valence-electron chi connectivity index (χ3n) is 9.98. The van der Waals surface area contributed by atoms with Crippen LogP contribution in [0.1, 0.15) is 0 Å². The highest BCUT2D eigenvalue weighted by Gasteiger charge is 2.17. The second kappa shape index (κ2) is 11.9. The molecule has 5 nitrogen and oxygen atoms in total. The third-order valence-corrected chi connectivity index (χ3v) is 9.98. The Labute approximate surface area is 300 Å². The lowest BCUT2D eigenvalue weighted by Crippen LogP contribution is -1.97. The van der Waals surface area contributed by atoms with Crippen molar-refractivity contribution in [3.05, 3.63) is 187 Å². The van der Waals surface area contributed by atoms with Gasteiger partial charge in [0.1, 0.15) is 5.82 Å². The van der Waals surface area contributed by atoms with Gasteiger partial charge in [0, 0.05) is 49.6 Å². The van der Waals surface area contributed by atoms with Crippen molar-refractivity contribution in [2.75, 3.05) is 0 Å². The maximum Gasteiger partial charge on any atom is 0.198 e. The van der Waals surface area contributed by atoms with Crippen LogP contribution in [0.5, 0.6) is 0 Å². The first-order valence-electron chi connectivity index (χ1n) is 17.3. The molecule has 3 heterocycles. The van der Waals surface area contributed by atoms with Crippen molar-refractivity contribution in [2.45, 2.75) is 0 Å². The van der Waals surface area contributed by atoms with Crippen molar-refractivity contribution in [3.63, 3.8) is 0 Å². The van der Waals surface area contributed by atoms with Gasteiger partial charge in [0.15, 0.2) is 5.69 Å². The summed E-state index contributed by atoms with van der Waals surface area (Å²) < 4.78 is 4.72. The number of para-hydroxylation sites is 4. The molecule has 0 unspecified atom stereocenters. The standard InChI is InChI=1S/C47H29N5/c1-48-40-19-9-5-18-38(40)47-49-41(31-13-3-2-4-14-31)30-42(50-47)32-23-25-33(26-24-32)51-45-22-12-8-17-37(45)39-29-34(27-28-46(39)51)52-43-20-10-6-15-35(43)36-16-7-11-21-44(36)52/h2-30H. The van der Waals surface area contributed by atoms with E-state index in [-0.39, 0.29) is 0 Å². The summed E-state index contributed by atoms with van der Waals surface area (Å²) in [5, 5.41) is 4.91. The van der Waals surface area contributed by atoms with Gasteiger partial charge in [-0.15, -0.1) is 0 Å². The average Bonchev–Trinajstić information content (AvgIpc) is 3.73. The molecule has 0 radical (unpaired) electrons. The molecule has 0 aliphatic carbocycles. The molecule has 10 rings (SSSR count). The third kappa shape index (κ3) is 4.70. The van der Waals surface area contributed by atoms with Gasteiger partial charge in [-0.1, -0.05) is 121 Å². The summed E-state index contributed by atoms with van der Waals surface area (Å²) in [4.78, 5) is 13.7. The summed E-state index contributed by atoms with van der Waals surface area (Å²) in [5.74, 6) is 0.536. The van der Waals surface area contributed by atoms with Crippen LogP contribution in [0.15, 0.2) is 176 Å². The summed E-state index contributed by atoms with van der Waals surface area (Å²) in [6.07, 6.45) is 0. The lowest BCUT2D eigenvalue weighted by atomic mass is 10.1. The fourth-order valence-corrected chi connectivity index (χ4v) is 7.59. The first-order chi connectivity index (χ1) is 25.7. The molecule has 0 saturated carbocycles. The van der Waals surface area contributed by atoms with Gasteiger partial charge in [-0.3, -0.25) is 0 Å². The highest BCUT2D eigenvalue weighted by molar-refractivity contribution is 6.12. The molecule has 0 spiro atoms. The lowest BCUT2D eigenvalue weighted by molar-refractivity contribution is 1.16. The van der Waals surface area contributed by atoms with Crippen LogP contribution in [-0.4, -0.2) is 19.1 Å². The molecule has 0 aliphatic heterocycles. The largest absolute Gasteiger partial charge is 0.309 e. The van der Waals surface area contributed by atoms with Crippen molar-refractivity contribution in [3.8, 4) is 45.3 Å². The minimum atomic E-state index is 0.529. The fourth-order valence-electron chi connectivity index (χ4n) is 7.59. The van der Waals surface area contributed by atoms with Crippen LogP contribution in [0.2, 0.25) is 0 Å². The van der Waals surface area contributed by atoms with Gasteiger partial charge >= 0.3 is 0 Å². The predicted octanol–water partition coefficient (Wildman–Crippen LogP) is 12.2. The van der Waals surface area contributed by atoms with Crippen LogP contribution < -0.4 is 0 Å². The van der Waals surface area contributed by atoms with Gasteiger partial charge in [-0.25, -0.2) is 14.8 Å². The second-order valence-electron chi connectivity index (χ2n) is 12.9. The minimum Gasteiger partial charge on any atom is -0.309 e. The molecule has 0 aliphatic rings. The van der Waals surface area contributed by atoms with Crippen molar-refractivity contribution in [1.82, 2.24) is 19.1 Å². The molecule has 242 valence electrons.